The minimum Gasteiger partial charge on any atom is -0.496 e. The molecule has 0 radical (unpaired) electrons. The van der Waals surface area contributed by atoms with E-state index in [0.29, 0.717) is 16.4 Å². The van der Waals surface area contributed by atoms with Gasteiger partial charge in [0.25, 0.3) is 0 Å². The Morgan fingerprint density at radius 2 is 1.82 bits per heavy atom. The van der Waals surface area contributed by atoms with Crippen LogP contribution in [-0.2, 0) is 4.79 Å². The topological polar surface area (TPSA) is 76.0 Å². The van der Waals surface area contributed by atoms with Crippen LogP contribution < -0.4 is 9.47 Å². The number of benzene rings is 1. The van der Waals surface area contributed by atoms with Gasteiger partial charge in [-0.2, -0.15) is 0 Å². The number of hydrogen-bond acceptors (Lipinski definition) is 5. The maximum absolute atomic E-state index is 10.9. The molecule has 0 aliphatic rings. The van der Waals surface area contributed by atoms with Crippen LogP contribution in [0.2, 0.25) is 0 Å². The molecule has 0 aliphatic carbocycles. The molecule has 1 atom stereocenters. The lowest BCUT2D eigenvalue weighted by atomic mass is 10.1. The van der Waals surface area contributed by atoms with E-state index in [9.17, 15) is 9.90 Å². The van der Waals surface area contributed by atoms with Crippen molar-refractivity contribution < 1.29 is 24.5 Å². The molecule has 0 heterocycles. The van der Waals surface area contributed by atoms with Crippen LogP contribution in [-0.4, -0.2) is 36.7 Å². The second kappa shape index (κ2) is 5.79. The molecular weight excluding hydrogens is 244 g/mol. The molecule has 0 amide bonds. The molecule has 17 heavy (non-hydrogen) atoms. The van der Waals surface area contributed by atoms with Gasteiger partial charge in [0.2, 0.25) is 0 Å². The van der Waals surface area contributed by atoms with Crippen molar-refractivity contribution in [1.82, 2.24) is 0 Å². The van der Waals surface area contributed by atoms with Crippen molar-refractivity contribution in [3.05, 3.63) is 17.7 Å². The van der Waals surface area contributed by atoms with Gasteiger partial charge in [-0.05, 0) is 18.4 Å². The number of hydrogen-bond donors (Lipinski definition) is 2. The number of aliphatic carboxylic acids is 1. The fourth-order valence-electron chi connectivity index (χ4n) is 1.49. The summed E-state index contributed by atoms with van der Waals surface area (Å²) in [5.74, 6) is -0.495. The molecule has 0 aliphatic heterocycles. The van der Waals surface area contributed by atoms with Gasteiger partial charge < -0.3 is 19.7 Å². The van der Waals surface area contributed by atoms with E-state index in [1.807, 2.05) is 0 Å². The quantitative estimate of drug-likeness (QED) is 0.780. The van der Waals surface area contributed by atoms with Crippen molar-refractivity contribution in [2.24, 2.45) is 0 Å². The molecule has 94 valence electrons. The van der Waals surface area contributed by atoms with E-state index in [1.165, 1.54) is 26.0 Å². The van der Waals surface area contributed by atoms with E-state index >= 15 is 0 Å². The zero-order valence-corrected chi connectivity index (χ0v) is 10.6. The molecule has 0 fully saturated rings. The Labute approximate surface area is 103 Å². The number of rotatable bonds is 5. The molecule has 1 unspecified atom stereocenters. The van der Waals surface area contributed by atoms with Gasteiger partial charge in [0.1, 0.15) is 11.5 Å². The fraction of sp³-hybridized carbons (Fsp3) is 0.364. The van der Waals surface area contributed by atoms with Gasteiger partial charge in [-0.25, -0.2) is 4.79 Å². The van der Waals surface area contributed by atoms with E-state index in [4.69, 9.17) is 14.6 Å². The van der Waals surface area contributed by atoms with Gasteiger partial charge in [-0.1, -0.05) is 0 Å². The van der Waals surface area contributed by atoms with Crippen LogP contribution in [0.25, 0.3) is 0 Å². The smallest absolute Gasteiger partial charge is 0.337 e. The first-order valence-electron chi connectivity index (χ1n) is 4.76. The summed E-state index contributed by atoms with van der Waals surface area (Å²) in [6.45, 7) is 0. The normalized spacial score (nSPS) is 12.0. The third kappa shape index (κ3) is 2.65. The summed E-state index contributed by atoms with van der Waals surface area (Å²) in [5.41, 5.74) is 0.215. The Bertz CT molecular complexity index is 419. The molecule has 6 heteroatoms. The lowest BCUT2D eigenvalue weighted by molar-refractivity contribution is -0.147. The van der Waals surface area contributed by atoms with Crippen molar-refractivity contribution in [3.63, 3.8) is 0 Å². The largest absolute Gasteiger partial charge is 0.496 e. The van der Waals surface area contributed by atoms with Gasteiger partial charge in [-0.3, -0.25) is 0 Å². The van der Waals surface area contributed by atoms with Crippen LogP contribution in [0.15, 0.2) is 17.0 Å². The molecular formula is C11H14O5S. The zero-order chi connectivity index (χ0) is 13.0. The van der Waals surface area contributed by atoms with Crippen LogP contribution in [0.5, 0.6) is 11.5 Å². The van der Waals surface area contributed by atoms with Crippen LogP contribution in [0.1, 0.15) is 11.7 Å². The molecule has 0 spiro atoms. The second-order valence-electron chi connectivity index (χ2n) is 3.16. The highest BCUT2D eigenvalue weighted by molar-refractivity contribution is 7.98. The Morgan fingerprint density at radius 1 is 1.29 bits per heavy atom. The van der Waals surface area contributed by atoms with Gasteiger partial charge >= 0.3 is 5.97 Å². The molecule has 0 aromatic heterocycles. The summed E-state index contributed by atoms with van der Waals surface area (Å²) in [7, 11) is 2.91. The number of carbonyl (C=O) groups is 1. The van der Waals surface area contributed by atoms with Crippen molar-refractivity contribution in [2.75, 3.05) is 20.5 Å². The molecule has 0 bridgehead atoms. The predicted octanol–water partition coefficient (Wildman–Crippen LogP) is 1.54. The minimum atomic E-state index is -1.64. The highest BCUT2D eigenvalue weighted by Gasteiger charge is 2.26. The van der Waals surface area contributed by atoms with E-state index in [2.05, 4.69) is 0 Å². The summed E-state index contributed by atoms with van der Waals surface area (Å²) < 4.78 is 10.2. The third-order valence-corrected chi connectivity index (χ3v) is 3.10. The lowest BCUT2D eigenvalue weighted by Gasteiger charge is -2.17. The molecule has 0 saturated heterocycles. The summed E-state index contributed by atoms with van der Waals surface area (Å²) in [5, 5.41) is 18.6. The summed E-state index contributed by atoms with van der Waals surface area (Å²) >= 11 is 1.29. The molecule has 2 N–H and O–H groups in total. The average molecular weight is 258 g/mol. The summed E-state index contributed by atoms with van der Waals surface area (Å²) in [6.07, 6.45) is 0.137. The molecule has 5 nitrogen and oxygen atoms in total. The second-order valence-corrected chi connectivity index (χ2v) is 3.97. The average Bonchev–Trinajstić information content (AvgIpc) is 2.35. The first-order valence-corrected chi connectivity index (χ1v) is 5.99. The maximum Gasteiger partial charge on any atom is 0.337 e. The third-order valence-electron chi connectivity index (χ3n) is 2.27. The number of carboxylic acid groups (broad SMARTS) is 1. The van der Waals surface area contributed by atoms with Crippen LogP contribution in [0, 0.1) is 0 Å². The van der Waals surface area contributed by atoms with Crippen molar-refractivity contribution >= 4 is 17.7 Å². The van der Waals surface area contributed by atoms with Crippen molar-refractivity contribution in [3.8, 4) is 11.5 Å². The molecule has 0 saturated carbocycles. The van der Waals surface area contributed by atoms with Gasteiger partial charge in [0.15, 0.2) is 6.10 Å². The summed E-state index contributed by atoms with van der Waals surface area (Å²) in [4.78, 5) is 11.4. The number of ether oxygens (including phenoxy) is 2. The Hall–Kier alpha value is -1.40. The Morgan fingerprint density at radius 3 is 2.24 bits per heavy atom. The standard InChI is InChI=1S/C11H14O5S/c1-15-6-4-5-7(16-2)10(17-3)8(6)9(12)11(13)14/h4-5,9,12H,1-3H3,(H,13,14). The predicted molar refractivity (Wildman–Crippen MR) is 63.9 cm³/mol. The number of thioether (sulfide) groups is 1. The van der Waals surface area contributed by atoms with E-state index < -0.39 is 12.1 Å². The number of carboxylic acids is 1. The zero-order valence-electron chi connectivity index (χ0n) is 9.76. The maximum atomic E-state index is 10.9. The van der Waals surface area contributed by atoms with E-state index in [-0.39, 0.29) is 5.56 Å². The molecule has 1 rings (SSSR count). The fourth-order valence-corrected chi connectivity index (χ4v) is 2.28. The Kier molecular flexibility index (Phi) is 4.65. The van der Waals surface area contributed by atoms with Crippen LogP contribution >= 0.6 is 11.8 Å². The number of aliphatic hydroxyl groups is 1. The van der Waals surface area contributed by atoms with Gasteiger partial charge in [0.05, 0.1) is 24.7 Å². The SMILES string of the molecule is COc1ccc(OC)c(C(O)C(=O)O)c1SC. The first-order chi connectivity index (χ1) is 8.06. The van der Waals surface area contributed by atoms with E-state index in [0.717, 1.165) is 0 Å². The highest BCUT2D eigenvalue weighted by atomic mass is 32.2. The van der Waals surface area contributed by atoms with Crippen LogP contribution in [0.4, 0.5) is 0 Å². The van der Waals surface area contributed by atoms with Crippen molar-refractivity contribution in [2.45, 2.75) is 11.0 Å². The van der Waals surface area contributed by atoms with Crippen molar-refractivity contribution in [1.29, 1.82) is 0 Å². The lowest BCUT2D eigenvalue weighted by Crippen LogP contribution is -2.13. The van der Waals surface area contributed by atoms with Gasteiger partial charge in [-0.15, -0.1) is 11.8 Å². The number of methoxy groups -OCH3 is 2. The molecule has 1 aromatic carbocycles. The van der Waals surface area contributed by atoms with E-state index in [1.54, 1.807) is 18.4 Å². The highest BCUT2D eigenvalue weighted by Crippen LogP contribution is 2.40. The Balaban J connectivity index is 3.44. The van der Waals surface area contributed by atoms with Gasteiger partial charge in [0, 0.05) is 0 Å². The first kappa shape index (κ1) is 13.7. The monoisotopic (exact) mass is 258 g/mol. The minimum absolute atomic E-state index is 0.215. The summed E-state index contributed by atoms with van der Waals surface area (Å²) in [6, 6.07) is 3.24. The molecule has 1 aromatic rings. The van der Waals surface area contributed by atoms with Crippen LogP contribution in [0.3, 0.4) is 0 Å². The number of aliphatic hydroxyl groups excluding tert-OH is 1.